The second kappa shape index (κ2) is 5.80. The normalized spacial score (nSPS) is 13.8. The van der Waals surface area contributed by atoms with Crippen LogP contribution in [0.2, 0.25) is 0 Å². The van der Waals surface area contributed by atoms with Crippen LogP contribution in [0.15, 0.2) is 0 Å². The molecular formula is C9H18N2O7. The van der Waals surface area contributed by atoms with Crippen LogP contribution < -0.4 is 0 Å². The molecule has 0 aromatic rings. The quantitative estimate of drug-likeness (QED) is 0.534. The molecule has 0 aliphatic heterocycles. The number of rotatable bonds is 7. The van der Waals surface area contributed by atoms with Gasteiger partial charge in [-0.15, -0.1) is 20.2 Å². The lowest BCUT2D eigenvalue weighted by Gasteiger charge is -2.40. The fraction of sp³-hybridized carbons (Fsp3) is 1.00. The molecule has 9 nitrogen and oxygen atoms in total. The molecule has 0 spiro atoms. The van der Waals surface area contributed by atoms with Crippen LogP contribution in [0.5, 0.6) is 0 Å². The smallest absolute Gasteiger partial charge is 0.294 e. The van der Waals surface area contributed by atoms with Crippen LogP contribution in [-0.4, -0.2) is 34.6 Å². The van der Waals surface area contributed by atoms with Gasteiger partial charge in [0, 0.05) is 5.41 Å². The molecule has 0 fully saturated rings. The maximum Gasteiger partial charge on any atom is 0.294 e. The van der Waals surface area contributed by atoms with Gasteiger partial charge in [0.1, 0.15) is 13.2 Å². The first-order valence-corrected chi connectivity index (χ1v) is 5.22. The Kier molecular flexibility index (Phi) is 5.28. The van der Waals surface area contributed by atoms with E-state index < -0.39 is 40.3 Å². The summed E-state index contributed by atoms with van der Waals surface area (Å²) in [6.07, 6.45) is -1.08. The first kappa shape index (κ1) is 16.4. The third-order valence-electron chi connectivity index (χ3n) is 2.48. The van der Waals surface area contributed by atoms with Crippen molar-refractivity contribution >= 4 is 0 Å². The first-order valence-electron chi connectivity index (χ1n) is 5.22. The van der Waals surface area contributed by atoms with Gasteiger partial charge in [0.2, 0.25) is 0 Å². The van der Waals surface area contributed by atoms with Gasteiger partial charge in [0.25, 0.3) is 10.2 Å². The van der Waals surface area contributed by atoms with E-state index in [9.17, 15) is 25.3 Å². The average Bonchev–Trinajstić information content (AvgIpc) is 2.21. The van der Waals surface area contributed by atoms with Gasteiger partial charge < -0.3 is 14.8 Å². The molecule has 0 aromatic carbocycles. The predicted octanol–water partition coefficient (Wildman–Crippen LogP) is 0.816. The Morgan fingerprint density at radius 3 is 1.61 bits per heavy atom. The summed E-state index contributed by atoms with van der Waals surface area (Å²) in [5.74, 6) is 0. The zero-order valence-electron chi connectivity index (χ0n) is 10.8. The zero-order chi connectivity index (χ0) is 14.6. The monoisotopic (exact) mass is 266 g/mol. The molecule has 0 aliphatic carbocycles. The SMILES string of the molecule is CC(C)(C)C(O)C(C)(CO[N+](=O)[O-])CO[N+](=O)[O-]. The summed E-state index contributed by atoms with van der Waals surface area (Å²) < 4.78 is 0. The van der Waals surface area contributed by atoms with Gasteiger partial charge in [0.05, 0.1) is 6.10 Å². The minimum atomic E-state index is -1.27. The lowest BCUT2D eigenvalue weighted by molar-refractivity contribution is -0.772. The third kappa shape index (κ3) is 5.13. The van der Waals surface area contributed by atoms with Gasteiger partial charge in [-0.1, -0.05) is 27.7 Å². The number of aliphatic hydroxyl groups excluding tert-OH is 1. The average molecular weight is 266 g/mol. The molecule has 1 unspecified atom stereocenters. The molecule has 1 atom stereocenters. The highest BCUT2D eigenvalue weighted by Gasteiger charge is 2.42. The van der Waals surface area contributed by atoms with E-state index in [1.54, 1.807) is 20.8 Å². The summed E-state index contributed by atoms with van der Waals surface area (Å²) in [7, 11) is 0. The largest absolute Gasteiger partial charge is 0.392 e. The highest BCUT2D eigenvalue weighted by Crippen LogP contribution is 2.34. The Balaban J connectivity index is 4.89. The van der Waals surface area contributed by atoms with Crippen molar-refractivity contribution in [2.75, 3.05) is 13.2 Å². The standard InChI is InChI=1S/C9H18N2O7/c1-8(2,3)7(12)9(4,5-17-10(13)14)6-18-11(15)16/h7,12H,5-6H2,1-4H3. The van der Waals surface area contributed by atoms with Gasteiger partial charge >= 0.3 is 0 Å². The topological polar surface area (TPSA) is 125 Å². The second-order valence-electron chi connectivity index (χ2n) is 5.42. The number of hydrogen-bond donors (Lipinski definition) is 1. The molecule has 0 saturated heterocycles. The first-order chi connectivity index (χ1) is 7.99. The van der Waals surface area contributed by atoms with Crippen molar-refractivity contribution in [3.63, 3.8) is 0 Å². The summed E-state index contributed by atoms with van der Waals surface area (Å²) >= 11 is 0. The lowest BCUT2D eigenvalue weighted by Crippen LogP contribution is -2.48. The Hall–Kier alpha value is -1.64. The Morgan fingerprint density at radius 2 is 1.39 bits per heavy atom. The molecule has 0 aliphatic rings. The van der Waals surface area contributed by atoms with Crippen molar-refractivity contribution < 1.29 is 25.0 Å². The van der Waals surface area contributed by atoms with E-state index in [-0.39, 0.29) is 0 Å². The molecule has 0 heterocycles. The Labute approximate surface area is 104 Å². The fourth-order valence-corrected chi connectivity index (χ4v) is 1.65. The van der Waals surface area contributed by atoms with E-state index in [1.165, 1.54) is 6.92 Å². The maximum atomic E-state index is 10.2. The molecule has 0 aromatic heterocycles. The molecule has 0 rings (SSSR count). The maximum absolute atomic E-state index is 10.2. The molecule has 1 N–H and O–H groups in total. The van der Waals surface area contributed by atoms with Crippen LogP contribution in [0.1, 0.15) is 27.7 Å². The van der Waals surface area contributed by atoms with Crippen molar-refractivity contribution in [1.29, 1.82) is 0 Å². The Bertz CT molecular complexity index is 295. The van der Waals surface area contributed by atoms with Gasteiger partial charge in [-0.2, -0.15) is 0 Å². The van der Waals surface area contributed by atoms with E-state index in [0.717, 1.165) is 0 Å². The van der Waals surface area contributed by atoms with E-state index >= 15 is 0 Å². The molecule has 0 bridgehead atoms. The van der Waals surface area contributed by atoms with Crippen LogP contribution in [0.3, 0.4) is 0 Å². The van der Waals surface area contributed by atoms with Gasteiger partial charge in [-0.3, -0.25) is 0 Å². The fourth-order valence-electron chi connectivity index (χ4n) is 1.65. The lowest BCUT2D eigenvalue weighted by atomic mass is 9.73. The van der Waals surface area contributed by atoms with E-state index in [2.05, 4.69) is 9.68 Å². The minimum absolute atomic E-state index is 0.494. The van der Waals surface area contributed by atoms with Gasteiger partial charge in [-0.25, -0.2) is 0 Å². The van der Waals surface area contributed by atoms with Gasteiger partial charge in [0.15, 0.2) is 0 Å². The van der Waals surface area contributed by atoms with Crippen LogP contribution in [0.25, 0.3) is 0 Å². The molecule has 106 valence electrons. The summed E-state index contributed by atoms with van der Waals surface area (Å²) in [4.78, 5) is 28.8. The molecule has 18 heavy (non-hydrogen) atoms. The van der Waals surface area contributed by atoms with Crippen molar-refractivity contribution in [2.24, 2.45) is 10.8 Å². The van der Waals surface area contributed by atoms with Crippen molar-refractivity contribution in [3.05, 3.63) is 20.2 Å². The van der Waals surface area contributed by atoms with Crippen LogP contribution in [-0.2, 0) is 9.68 Å². The summed E-state index contributed by atoms with van der Waals surface area (Å²) in [5.41, 5.74) is -1.90. The molecule has 0 radical (unpaired) electrons. The summed E-state index contributed by atoms with van der Waals surface area (Å²) in [5, 5.41) is 28.5. The molecule has 9 heteroatoms. The highest BCUT2D eigenvalue weighted by molar-refractivity contribution is 4.89. The van der Waals surface area contributed by atoms with Crippen LogP contribution in [0, 0.1) is 31.1 Å². The summed E-state index contributed by atoms with van der Waals surface area (Å²) in [6.45, 7) is 5.55. The van der Waals surface area contributed by atoms with E-state index in [4.69, 9.17) is 0 Å². The van der Waals surface area contributed by atoms with Crippen molar-refractivity contribution in [3.8, 4) is 0 Å². The number of aliphatic hydroxyl groups is 1. The molecular weight excluding hydrogens is 248 g/mol. The Morgan fingerprint density at radius 1 is 1.06 bits per heavy atom. The van der Waals surface area contributed by atoms with Crippen LogP contribution >= 0.6 is 0 Å². The van der Waals surface area contributed by atoms with Gasteiger partial charge in [-0.05, 0) is 5.41 Å². The van der Waals surface area contributed by atoms with Crippen molar-refractivity contribution in [1.82, 2.24) is 0 Å². The van der Waals surface area contributed by atoms with Crippen molar-refractivity contribution in [2.45, 2.75) is 33.8 Å². The zero-order valence-corrected chi connectivity index (χ0v) is 10.8. The highest BCUT2D eigenvalue weighted by atomic mass is 17.0. The predicted molar refractivity (Wildman–Crippen MR) is 59.5 cm³/mol. The molecule has 0 saturated carbocycles. The molecule has 0 amide bonds. The minimum Gasteiger partial charge on any atom is -0.392 e. The summed E-state index contributed by atoms with van der Waals surface area (Å²) in [6, 6.07) is 0. The second-order valence-corrected chi connectivity index (χ2v) is 5.42. The van der Waals surface area contributed by atoms with E-state index in [0.29, 0.717) is 0 Å². The number of nitrogens with zero attached hydrogens (tertiary/aromatic N) is 2. The number of hydrogen-bond acceptors (Lipinski definition) is 7. The third-order valence-corrected chi connectivity index (χ3v) is 2.48. The van der Waals surface area contributed by atoms with Crippen LogP contribution in [0.4, 0.5) is 0 Å². The van der Waals surface area contributed by atoms with E-state index in [1.807, 2.05) is 0 Å².